The zero-order valence-corrected chi connectivity index (χ0v) is 11.4. The Morgan fingerprint density at radius 1 is 1.30 bits per heavy atom. The van der Waals surface area contributed by atoms with Gasteiger partial charge in [0.2, 0.25) is 0 Å². The topological polar surface area (TPSA) is 36.1 Å². The molecule has 1 fully saturated rings. The first-order valence-electron chi connectivity index (χ1n) is 6.79. The number of rotatable bonds is 5. The minimum absolute atomic E-state index is 0.254. The van der Waals surface area contributed by atoms with Crippen LogP contribution in [0.25, 0.3) is 0 Å². The normalized spacial score (nSPS) is 24.8. The Hall–Kier alpha value is -1.11. The second-order valence-corrected chi connectivity index (χ2v) is 5.26. The molecule has 112 valence electrons. The van der Waals surface area contributed by atoms with Crippen molar-refractivity contribution >= 4 is 0 Å². The summed E-state index contributed by atoms with van der Waals surface area (Å²) in [6.07, 6.45) is -5.02. The number of halogens is 3. The van der Waals surface area contributed by atoms with E-state index in [1.807, 2.05) is 6.92 Å². The van der Waals surface area contributed by atoms with Gasteiger partial charge in [-0.05, 0) is 12.5 Å². The quantitative estimate of drug-likeness (QED) is 0.778. The molecule has 6 heteroatoms. The SMILES string of the molecule is CC1NNCC1CNC(CC(F)(F)F)c1ccccc1. The molecule has 1 aromatic rings. The van der Waals surface area contributed by atoms with E-state index in [0.717, 1.165) is 6.54 Å². The fourth-order valence-electron chi connectivity index (χ4n) is 2.41. The largest absolute Gasteiger partial charge is 0.390 e. The first-order valence-corrected chi connectivity index (χ1v) is 6.79. The molecule has 0 aromatic heterocycles. The van der Waals surface area contributed by atoms with Gasteiger partial charge in [-0.25, -0.2) is 0 Å². The van der Waals surface area contributed by atoms with Gasteiger partial charge in [-0.3, -0.25) is 10.9 Å². The van der Waals surface area contributed by atoms with Crippen LogP contribution in [0.1, 0.15) is 24.9 Å². The van der Waals surface area contributed by atoms with Gasteiger partial charge in [0.1, 0.15) is 0 Å². The lowest BCUT2D eigenvalue weighted by molar-refractivity contribution is -0.140. The van der Waals surface area contributed by atoms with Gasteiger partial charge in [-0.1, -0.05) is 30.3 Å². The van der Waals surface area contributed by atoms with E-state index in [1.54, 1.807) is 30.3 Å². The lowest BCUT2D eigenvalue weighted by Crippen LogP contribution is -2.35. The van der Waals surface area contributed by atoms with Gasteiger partial charge in [0.05, 0.1) is 6.42 Å². The summed E-state index contributed by atoms with van der Waals surface area (Å²) in [5.74, 6) is 0.287. The summed E-state index contributed by atoms with van der Waals surface area (Å²) in [5.41, 5.74) is 6.77. The van der Waals surface area contributed by atoms with Crippen LogP contribution in [0.15, 0.2) is 30.3 Å². The predicted molar refractivity (Wildman–Crippen MR) is 71.9 cm³/mol. The van der Waals surface area contributed by atoms with E-state index in [4.69, 9.17) is 0 Å². The smallest absolute Gasteiger partial charge is 0.309 e. The van der Waals surface area contributed by atoms with Gasteiger partial charge >= 0.3 is 6.18 Å². The Balaban J connectivity index is 1.99. The molecule has 20 heavy (non-hydrogen) atoms. The number of benzene rings is 1. The predicted octanol–water partition coefficient (Wildman–Crippen LogP) is 2.38. The number of hydrogen-bond donors (Lipinski definition) is 3. The Morgan fingerprint density at radius 3 is 2.55 bits per heavy atom. The molecule has 0 amide bonds. The molecule has 1 saturated heterocycles. The van der Waals surface area contributed by atoms with Gasteiger partial charge in [-0.15, -0.1) is 0 Å². The van der Waals surface area contributed by atoms with Crippen LogP contribution in [0.2, 0.25) is 0 Å². The highest BCUT2D eigenvalue weighted by Crippen LogP contribution is 2.29. The van der Waals surface area contributed by atoms with Crippen LogP contribution in [0.4, 0.5) is 13.2 Å². The zero-order valence-electron chi connectivity index (χ0n) is 11.4. The van der Waals surface area contributed by atoms with Gasteiger partial charge in [0.25, 0.3) is 0 Å². The van der Waals surface area contributed by atoms with Crippen LogP contribution in [0.5, 0.6) is 0 Å². The van der Waals surface area contributed by atoms with Crippen LogP contribution >= 0.6 is 0 Å². The van der Waals surface area contributed by atoms with E-state index in [1.165, 1.54) is 0 Å². The van der Waals surface area contributed by atoms with Crippen LogP contribution in [0, 0.1) is 5.92 Å². The zero-order chi connectivity index (χ0) is 14.6. The third-order valence-electron chi connectivity index (χ3n) is 3.67. The molecule has 0 radical (unpaired) electrons. The molecule has 0 saturated carbocycles. The lowest BCUT2D eigenvalue weighted by atomic mass is 10.00. The van der Waals surface area contributed by atoms with E-state index >= 15 is 0 Å². The number of hydrazine groups is 1. The van der Waals surface area contributed by atoms with Crippen LogP contribution in [0.3, 0.4) is 0 Å². The van der Waals surface area contributed by atoms with E-state index in [-0.39, 0.29) is 12.0 Å². The molecule has 2 rings (SSSR count). The fourth-order valence-corrected chi connectivity index (χ4v) is 2.41. The molecule has 0 spiro atoms. The summed E-state index contributed by atoms with van der Waals surface area (Å²) in [6.45, 7) is 3.34. The van der Waals surface area contributed by atoms with Gasteiger partial charge in [0, 0.05) is 31.1 Å². The Labute approximate surface area is 116 Å². The number of alkyl halides is 3. The Morgan fingerprint density at radius 2 is 2.00 bits per heavy atom. The first kappa shape index (κ1) is 15.3. The fraction of sp³-hybridized carbons (Fsp3) is 0.571. The molecule has 3 atom stereocenters. The van der Waals surface area contributed by atoms with E-state index in [0.29, 0.717) is 12.1 Å². The molecule has 1 aliphatic rings. The maximum absolute atomic E-state index is 12.7. The van der Waals surface area contributed by atoms with Crippen molar-refractivity contribution in [3.05, 3.63) is 35.9 Å². The van der Waals surface area contributed by atoms with Crippen molar-refractivity contribution in [3.63, 3.8) is 0 Å². The monoisotopic (exact) mass is 287 g/mol. The maximum atomic E-state index is 12.7. The minimum atomic E-state index is -4.18. The second kappa shape index (κ2) is 6.56. The van der Waals surface area contributed by atoms with E-state index < -0.39 is 18.6 Å². The van der Waals surface area contributed by atoms with Gasteiger partial charge in [0.15, 0.2) is 0 Å². The van der Waals surface area contributed by atoms with Gasteiger partial charge in [-0.2, -0.15) is 13.2 Å². The summed E-state index contributed by atoms with van der Waals surface area (Å²) in [6, 6.07) is 8.37. The van der Waals surface area contributed by atoms with E-state index in [2.05, 4.69) is 16.2 Å². The number of hydrogen-bond acceptors (Lipinski definition) is 3. The highest BCUT2D eigenvalue weighted by atomic mass is 19.4. The third-order valence-corrected chi connectivity index (χ3v) is 3.67. The molecule has 3 nitrogen and oxygen atoms in total. The Bertz CT molecular complexity index is 408. The van der Waals surface area contributed by atoms with Crippen LogP contribution in [-0.4, -0.2) is 25.3 Å². The average molecular weight is 287 g/mol. The molecule has 0 bridgehead atoms. The maximum Gasteiger partial charge on any atom is 0.390 e. The van der Waals surface area contributed by atoms with Crippen molar-refractivity contribution in [2.45, 2.75) is 31.6 Å². The Kier molecular flexibility index (Phi) is 5.01. The molecule has 3 N–H and O–H groups in total. The molecule has 3 unspecified atom stereocenters. The van der Waals surface area contributed by atoms with Gasteiger partial charge < -0.3 is 5.32 Å². The second-order valence-electron chi connectivity index (χ2n) is 5.26. The number of nitrogens with one attached hydrogen (secondary N) is 3. The molecule has 1 aromatic carbocycles. The third kappa shape index (κ3) is 4.47. The summed E-state index contributed by atoms with van der Waals surface area (Å²) < 4.78 is 38.1. The summed E-state index contributed by atoms with van der Waals surface area (Å²) in [4.78, 5) is 0. The molecule has 1 heterocycles. The highest BCUT2D eigenvalue weighted by Gasteiger charge is 2.33. The highest BCUT2D eigenvalue weighted by molar-refractivity contribution is 5.19. The standard InChI is InChI=1S/C14H20F3N3/c1-10-12(9-19-20-10)8-18-13(7-14(15,16)17)11-5-3-2-4-6-11/h2-6,10,12-13,18-20H,7-9H2,1H3. The van der Waals surface area contributed by atoms with Crippen molar-refractivity contribution in [1.29, 1.82) is 0 Å². The molecule has 0 aliphatic carbocycles. The molecular formula is C14H20F3N3. The average Bonchev–Trinajstić information content (AvgIpc) is 2.80. The van der Waals surface area contributed by atoms with Crippen molar-refractivity contribution in [2.24, 2.45) is 5.92 Å². The molecular weight excluding hydrogens is 267 g/mol. The summed E-state index contributed by atoms with van der Waals surface area (Å²) in [7, 11) is 0. The summed E-state index contributed by atoms with van der Waals surface area (Å²) >= 11 is 0. The van der Waals surface area contributed by atoms with Crippen molar-refractivity contribution < 1.29 is 13.2 Å². The van der Waals surface area contributed by atoms with Crippen LogP contribution in [-0.2, 0) is 0 Å². The van der Waals surface area contributed by atoms with E-state index in [9.17, 15) is 13.2 Å². The van der Waals surface area contributed by atoms with Crippen molar-refractivity contribution in [3.8, 4) is 0 Å². The van der Waals surface area contributed by atoms with Crippen LogP contribution < -0.4 is 16.2 Å². The lowest BCUT2D eigenvalue weighted by Gasteiger charge is -2.23. The molecule has 1 aliphatic heterocycles. The van der Waals surface area contributed by atoms with Crippen molar-refractivity contribution in [2.75, 3.05) is 13.1 Å². The first-order chi connectivity index (χ1) is 9.46. The summed E-state index contributed by atoms with van der Waals surface area (Å²) in [5, 5.41) is 3.06. The minimum Gasteiger partial charge on any atom is -0.309 e. The van der Waals surface area contributed by atoms with Crippen molar-refractivity contribution in [1.82, 2.24) is 16.2 Å².